The van der Waals surface area contributed by atoms with Gasteiger partial charge >= 0.3 is 5.97 Å². The van der Waals surface area contributed by atoms with Crippen LogP contribution in [-0.2, 0) is 0 Å². The first-order valence-electron chi connectivity index (χ1n) is 4.91. The van der Waals surface area contributed by atoms with E-state index in [0.717, 1.165) is 11.1 Å². The fourth-order valence-electron chi connectivity index (χ4n) is 1.76. The zero-order valence-electron chi connectivity index (χ0n) is 8.31. The number of carboxylic acids is 1. The van der Waals surface area contributed by atoms with Gasteiger partial charge in [0.1, 0.15) is 5.56 Å². The lowest BCUT2D eigenvalue weighted by Crippen LogP contribution is -1.92. The quantitative estimate of drug-likeness (QED) is 0.664. The van der Waals surface area contributed by atoms with E-state index in [2.05, 4.69) is 0 Å². The average molecular weight is 212 g/mol. The second-order valence-electron chi connectivity index (χ2n) is 3.59. The summed E-state index contributed by atoms with van der Waals surface area (Å²) in [6, 6.07) is 13.1. The zero-order chi connectivity index (χ0) is 11.1. The molecule has 1 aliphatic rings. The predicted octanol–water partition coefficient (Wildman–Crippen LogP) is 3.16. The number of hydrogen-bond acceptors (Lipinski definition) is 2. The van der Waals surface area contributed by atoms with E-state index in [0.29, 0.717) is 11.5 Å². The predicted molar refractivity (Wildman–Crippen MR) is 58.9 cm³/mol. The van der Waals surface area contributed by atoms with Gasteiger partial charge in [-0.3, -0.25) is 0 Å². The van der Waals surface area contributed by atoms with Crippen LogP contribution in [0.2, 0.25) is 0 Å². The summed E-state index contributed by atoms with van der Waals surface area (Å²) < 4.78 is 5.23. The van der Waals surface area contributed by atoms with Crippen molar-refractivity contribution in [2.75, 3.05) is 0 Å². The fraction of sp³-hybridized carbons (Fsp3) is 0. The van der Waals surface area contributed by atoms with Crippen LogP contribution in [0.25, 0.3) is 11.1 Å². The van der Waals surface area contributed by atoms with Crippen LogP contribution in [0.4, 0.5) is 0 Å². The summed E-state index contributed by atoms with van der Waals surface area (Å²) in [5, 5.41) is 8.88. The summed E-state index contributed by atoms with van der Waals surface area (Å²) >= 11 is 0. The molecule has 1 aliphatic heterocycles. The second-order valence-corrected chi connectivity index (χ2v) is 3.59. The van der Waals surface area contributed by atoms with Crippen LogP contribution < -0.4 is 4.74 Å². The minimum Gasteiger partial charge on any atom is -0.478 e. The molecule has 78 valence electrons. The standard InChI is InChI=1S/C13H8O3/c14-13(15)10-7-6-9(11-12(10)16-11)8-4-2-1-3-5-8/h1-7H,(H,14,15). The molecule has 1 N–H and O–H groups in total. The molecule has 3 nitrogen and oxygen atoms in total. The number of benzene rings is 2. The molecule has 0 amide bonds. The summed E-state index contributed by atoms with van der Waals surface area (Å²) in [6.07, 6.45) is 0. The van der Waals surface area contributed by atoms with Crippen LogP contribution in [0.3, 0.4) is 0 Å². The van der Waals surface area contributed by atoms with Gasteiger partial charge in [0.2, 0.25) is 0 Å². The number of aromatic carboxylic acids is 1. The van der Waals surface area contributed by atoms with Gasteiger partial charge < -0.3 is 9.84 Å². The minimum absolute atomic E-state index is 0.231. The van der Waals surface area contributed by atoms with Crippen LogP contribution in [0.15, 0.2) is 42.5 Å². The van der Waals surface area contributed by atoms with E-state index >= 15 is 0 Å². The topological polar surface area (TPSA) is 49.8 Å². The molecule has 0 aromatic heterocycles. The van der Waals surface area contributed by atoms with Crippen molar-refractivity contribution < 1.29 is 14.6 Å². The highest BCUT2D eigenvalue weighted by atomic mass is 16.6. The number of fused-ring (bicyclic) bond motifs is 1. The Kier molecular flexibility index (Phi) is 1.74. The number of rotatable bonds is 2. The first-order valence-corrected chi connectivity index (χ1v) is 4.91. The van der Waals surface area contributed by atoms with Crippen molar-refractivity contribution in [1.82, 2.24) is 0 Å². The molecule has 3 rings (SSSR count). The van der Waals surface area contributed by atoms with E-state index in [9.17, 15) is 4.79 Å². The molecule has 1 heterocycles. The SMILES string of the molecule is O=C(O)c1ccc(-c2ccccc2)c2c1O2. The van der Waals surface area contributed by atoms with Gasteiger partial charge in [-0.1, -0.05) is 30.3 Å². The number of hydrogen-bond donors (Lipinski definition) is 1. The Bertz CT molecular complexity index is 573. The highest BCUT2D eigenvalue weighted by molar-refractivity contribution is 5.97. The summed E-state index contributed by atoms with van der Waals surface area (Å²) in [6.45, 7) is 0. The van der Waals surface area contributed by atoms with Crippen molar-refractivity contribution in [2.45, 2.75) is 0 Å². The fourth-order valence-corrected chi connectivity index (χ4v) is 1.76. The highest BCUT2D eigenvalue weighted by Crippen LogP contribution is 2.54. The Balaban J connectivity index is 2.11. The summed E-state index contributed by atoms with van der Waals surface area (Å²) in [5.41, 5.74) is 2.21. The Labute approximate surface area is 91.9 Å². The van der Waals surface area contributed by atoms with Crippen molar-refractivity contribution >= 4 is 5.97 Å². The molecule has 0 saturated carbocycles. The van der Waals surface area contributed by atoms with E-state index in [1.54, 1.807) is 12.1 Å². The van der Waals surface area contributed by atoms with Crippen LogP contribution in [0.5, 0.6) is 11.5 Å². The molecule has 2 aromatic carbocycles. The Morgan fingerprint density at radius 1 is 1.00 bits per heavy atom. The van der Waals surface area contributed by atoms with E-state index in [4.69, 9.17) is 9.84 Å². The molecule has 0 aliphatic carbocycles. The molecular formula is C13H8O3. The summed E-state index contributed by atoms with van der Waals surface area (Å²) in [5.74, 6) is 0.230. The lowest BCUT2D eigenvalue weighted by molar-refractivity contribution is 0.0696. The Hall–Kier alpha value is -2.29. The third-order valence-corrected chi connectivity index (χ3v) is 2.59. The van der Waals surface area contributed by atoms with E-state index in [-0.39, 0.29) is 5.56 Å². The highest BCUT2D eigenvalue weighted by Gasteiger charge is 2.31. The van der Waals surface area contributed by atoms with Crippen molar-refractivity contribution in [1.29, 1.82) is 0 Å². The molecule has 16 heavy (non-hydrogen) atoms. The Morgan fingerprint density at radius 3 is 2.44 bits per heavy atom. The third kappa shape index (κ3) is 1.26. The van der Waals surface area contributed by atoms with Gasteiger partial charge in [-0.2, -0.15) is 0 Å². The van der Waals surface area contributed by atoms with Gasteiger partial charge in [-0.15, -0.1) is 0 Å². The molecule has 0 saturated heterocycles. The molecular weight excluding hydrogens is 204 g/mol. The molecule has 0 bridgehead atoms. The maximum atomic E-state index is 10.8. The van der Waals surface area contributed by atoms with Crippen molar-refractivity contribution in [3.63, 3.8) is 0 Å². The van der Waals surface area contributed by atoms with Gasteiger partial charge in [-0.25, -0.2) is 4.79 Å². The minimum atomic E-state index is -0.951. The maximum Gasteiger partial charge on any atom is 0.339 e. The third-order valence-electron chi connectivity index (χ3n) is 2.59. The molecule has 0 atom stereocenters. The van der Waals surface area contributed by atoms with Gasteiger partial charge in [-0.05, 0) is 17.7 Å². The van der Waals surface area contributed by atoms with Crippen LogP contribution in [0, 0.1) is 0 Å². The van der Waals surface area contributed by atoms with Gasteiger partial charge in [0.15, 0.2) is 11.5 Å². The largest absolute Gasteiger partial charge is 0.478 e. The van der Waals surface area contributed by atoms with Crippen LogP contribution in [0.1, 0.15) is 10.4 Å². The summed E-state index contributed by atoms with van der Waals surface area (Å²) in [4.78, 5) is 10.8. The lowest BCUT2D eigenvalue weighted by Gasteiger charge is -1.97. The number of ether oxygens (including phenoxy) is 1. The maximum absolute atomic E-state index is 10.8. The monoisotopic (exact) mass is 212 g/mol. The smallest absolute Gasteiger partial charge is 0.339 e. The van der Waals surface area contributed by atoms with Crippen molar-refractivity contribution in [2.24, 2.45) is 0 Å². The van der Waals surface area contributed by atoms with Crippen molar-refractivity contribution in [3.05, 3.63) is 48.0 Å². The van der Waals surface area contributed by atoms with E-state index in [1.165, 1.54) is 0 Å². The number of carboxylic acid groups (broad SMARTS) is 1. The van der Waals surface area contributed by atoms with Gasteiger partial charge in [0, 0.05) is 5.56 Å². The lowest BCUT2D eigenvalue weighted by atomic mass is 10.0. The molecule has 3 heteroatoms. The molecule has 0 fully saturated rings. The van der Waals surface area contributed by atoms with Crippen LogP contribution in [-0.4, -0.2) is 11.1 Å². The summed E-state index contributed by atoms with van der Waals surface area (Å²) in [7, 11) is 0. The molecule has 2 aromatic rings. The Morgan fingerprint density at radius 2 is 1.75 bits per heavy atom. The normalized spacial score (nSPS) is 11.5. The first kappa shape index (κ1) is 8.97. The number of carbonyl (C=O) groups is 1. The van der Waals surface area contributed by atoms with E-state index in [1.807, 2.05) is 30.3 Å². The van der Waals surface area contributed by atoms with E-state index < -0.39 is 5.97 Å². The molecule has 0 spiro atoms. The first-order chi connectivity index (χ1) is 7.77. The average Bonchev–Trinajstić information content (AvgIpc) is 3.08. The van der Waals surface area contributed by atoms with Crippen LogP contribution >= 0.6 is 0 Å². The molecule has 0 radical (unpaired) electrons. The van der Waals surface area contributed by atoms with Crippen molar-refractivity contribution in [3.8, 4) is 22.6 Å². The molecule has 0 unspecified atom stereocenters. The van der Waals surface area contributed by atoms with Gasteiger partial charge in [0.05, 0.1) is 0 Å². The van der Waals surface area contributed by atoms with Gasteiger partial charge in [0.25, 0.3) is 0 Å². The second kappa shape index (κ2) is 3.10. The zero-order valence-corrected chi connectivity index (χ0v) is 8.31.